The van der Waals surface area contributed by atoms with Gasteiger partial charge in [-0.05, 0) is 31.5 Å². The number of amides is 2. The van der Waals surface area contributed by atoms with Crippen LogP contribution in [0, 0.1) is 0 Å². The number of nitrogens with one attached hydrogen (secondary N) is 2. The van der Waals surface area contributed by atoms with E-state index < -0.39 is 0 Å². The minimum absolute atomic E-state index is 0.0504. The molecule has 0 unspecified atom stereocenters. The Morgan fingerprint density at radius 3 is 2.84 bits per heavy atom. The van der Waals surface area contributed by atoms with Crippen LogP contribution in [0.5, 0.6) is 0 Å². The van der Waals surface area contributed by atoms with Gasteiger partial charge in [0.15, 0.2) is 0 Å². The Kier molecular flexibility index (Phi) is 4.52. The smallest absolute Gasteiger partial charge is 0.246 e. The number of carbonyl (C=O) groups is 2. The fourth-order valence-electron chi connectivity index (χ4n) is 2.29. The number of aryl methyl sites for hydroxylation is 1. The molecule has 0 aromatic heterocycles. The lowest BCUT2D eigenvalue weighted by Gasteiger charge is -2.29. The van der Waals surface area contributed by atoms with Gasteiger partial charge in [0.25, 0.3) is 0 Å². The molecule has 1 aromatic carbocycles. The maximum Gasteiger partial charge on any atom is 0.246 e. The van der Waals surface area contributed by atoms with Crippen LogP contribution in [0.1, 0.15) is 12.0 Å². The van der Waals surface area contributed by atoms with Crippen LogP contribution in [-0.4, -0.2) is 38.5 Å². The Hall–Kier alpha value is -1.88. The molecule has 1 aliphatic rings. The highest BCUT2D eigenvalue weighted by molar-refractivity contribution is 5.97. The zero-order chi connectivity index (χ0) is 13.7. The lowest BCUT2D eigenvalue weighted by molar-refractivity contribution is -0.124. The number of hydrogen-bond donors (Lipinski definition) is 2. The molecule has 0 atom stereocenters. The maximum absolute atomic E-state index is 12.2. The summed E-state index contributed by atoms with van der Waals surface area (Å²) in [6.07, 6.45) is 1.97. The molecule has 5 nitrogen and oxygen atoms in total. The average molecular weight is 261 g/mol. The van der Waals surface area contributed by atoms with Crippen LogP contribution < -0.4 is 15.5 Å². The van der Waals surface area contributed by atoms with Crippen LogP contribution in [0.15, 0.2) is 24.3 Å². The molecule has 0 saturated carbocycles. The summed E-state index contributed by atoms with van der Waals surface area (Å²) < 4.78 is 0. The molecular weight excluding hydrogens is 242 g/mol. The number of rotatable bonds is 4. The molecule has 2 N–H and O–H groups in total. The van der Waals surface area contributed by atoms with E-state index in [0.717, 1.165) is 25.1 Å². The van der Waals surface area contributed by atoms with Crippen LogP contribution >= 0.6 is 0 Å². The molecule has 1 aromatic rings. The van der Waals surface area contributed by atoms with Gasteiger partial charge in [0.1, 0.15) is 0 Å². The van der Waals surface area contributed by atoms with Crippen molar-refractivity contribution in [2.24, 2.45) is 0 Å². The second kappa shape index (κ2) is 6.33. The van der Waals surface area contributed by atoms with Gasteiger partial charge in [-0.15, -0.1) is 0 Å². The predicted molar refractivity (Wildman–Crippen MR) is 74.1 cm³/mol. The molecule has 1 aliphatic heterocycles. The number of carbonyl (C=O) groups excluding carboxylic acids is 2. The van der Waals surface area contributed by atoms with Gasteiger partial charge in [0, 0.05) is 12.2 Å². The van der Waals surface area contributed by atoms with Crippen molar-refractivity contribution in [3.63, 3.8) is 0 Å². The van der Waals surface area contributed by atoms with Crippen molar-refractivity contribution in [2.45, 2.75) is 12.8 Å². The van der Waals surface area contributed by atoms with E-state index in [-0.39, 0.29) is 24.9 Å². The minimum atomic E-state index is -0.166. The summed E-state index contributed by atoms with van der Waals surface area (Å²) in [5.41, 5.74) is 2.17. The summed E-state index contributed by atoms with van der Waals surface area (Å²) in [6, 6.07) is 7.93. The molecule has 0 fully saturated rings. The largest absolute Gasteiger partial charge is 0.346 e. The summed E-state index contributed by atoms with van der Waals surface area (Å²) >= 11 is 0. The molecule has 2 amide bonds. The molecular formula is C14H19N3O2. The Morgan fingerprint density at radius 1 is 1.26 bits per heavy atom. The fraction of sp³-hybridized carbons (Fsp3) is 0.429. The Bertz CT molecular complexity index is 474. The Morgan fingerprint density at radius 2 is 2.05 bits per heavy atom. The van der Waals surface area contributed by atoms with Gasteiger partial charge in [-0.25, -0.2) is 0 Å². The van der Waals surface area contributed by atoms with Crippen molar-refractivity contribution in [3.05, 3.63) is 29.8 Å². The number of benzene rings is 1. The van der Waals surface area contributed by atoms with Crippen molar-refractivity contribution < 1.29 is 9.59 Å². The number of hydrogen-bond acceptors (Lipinski definition) is 3. The van der Waals surface area contributed by atoms with Crippen LogP contribution in [0.2, 0.25) is 0 Å². The van der Waals surface area contributed by atoms with E-state index in [1.165, 1.54) is 5.56 Å². The van der Waals surface area contributed by atoms with Gasteiger partial charge in [0.2, 0.25) is 11.8 Å². The van der Waals surface area contributed by atoms with Crippen LogP contribution in [0.3, 0.4) is 0 Å². The average Bonchev–Trinajstić information content (AvgIpc) is 2.44. The molecule has 5 heteroatoms. The quantitative estimate of drug-likeness (QED) is 0.819. The monoisotopic (exact) mass is 261 g/mol. The summed E-state index contributed by atoms with van der Waals surface area (Å²) in [4.78, 5) is 25.3. The first-order valence-electron chi connectivity index (χ1n) is 6.52. The van der Waals surface area contributed by atoms with Crippen LogP contribution in [-0.2, 0) is 16.0 Å². The summed E-state index contributed by atoms with van der Waals surface area (Å²) in [5.74, 6) is -0.224. The van der Waals surface area contributed by atoms with E-state index in [0.29, 0.717) is 0 Å². The second-order valence-electron chi connectivity index (χ2n) is 4.58. The van der Waals surface area contributed by atoms with E-state index in [1.807, 2.05) is 24.3 Å². The molecule has 0 bridgehead atoms. The van der Waals surface area contributed by atoms with E-state index in [1.54, 1.807) is 11.9 Å². The molecule has 0 radical (unpaired) electrons. The van der Waals surface area contributed by atoms with Gasteiger partial charge in [-0.1, -0.05) is 18.2 Å². The third kappa shape index (κ3) is 3.32. The molecule has 19 heavy (non-hydrogen) atoms. The maximum atomic E-state index is 12.2. The predicted octanol–water partition coefficient (Wildman–Crippen LogP) is 0.301. The molecule has 0 saturated heterocycles. The second-order valence-corrected chi connectivity index (χ2v) is 4.58. The zero-order valence-corrected chi connectivity index (χ0v) is 11.1. The number of para-hydroxylation sites is 1. The van der Waals surface area contributed by atoms with E-state index in [2.05, 4.69) is 10.6 Å². The SMILES string of the molecule is CNCC(=O)NCC(=O)N1CCCc2ccccc21. The highest BCUT2D eigenvalue weighted by Crippen LogP contribution is 2.26. The van der Waals surface area contributed by atoms with Crippen molar-refractivity contribution in [1.29, 1.82) is 0 Å². The van der Waals surface area contributed by atoms with Gasteiger partial charge in [0.05, 0.1) is 13.1 Å². The van der Waals surface area contributed by atoms with Crippen LogP contribution in [0.4, 0.5) is 5.69 Å². The van der Waals surface area contributed by atoms with Crippen molar-refractivity contribution in [1.82, 2.24) is 10.6 Å². The molecule has 0 spiro atoms. The summed E-state index contributed by atoms with van der Waals surface area (Å²) in [5, 5.41) is 5.37. The third-order valence-corrected chi connectivity index (χ3v) is 3.19. The molecule has 1 heterocycles. The number of anilines is 1. The molecule has 102 valence electrons. The van der Waals surface area contributed by atoms with Crippen molar-refractivity contribution >= 4 is 17.5 Å². The number of fused-ring (bicyclic) bond motifs is 1. The lowest BCUT2D eigenvalue weighted by Crippen LogP contribution is -2.44. The van der Waals surface area contributed by atoms with E-state index in [4.69, 9.17) is 0 Å². The van der Waals surface area contributed by atoms with E-state index >= 15 is 0 Å². The highest BCUT2D eigenvalue weighted by Gasteiger charge is 2.21. The summed E-state index contributed by atoms with van der Waals surface area (Å²) in [6.45, 7) is 0.996. The van der Waals surface area contributed by atoms with Crippen molar-refractivity contribution in [2.75, 3.05) is 31.6 Å². The topological polar surface area (TPSA) is 61.4 Å². The highest BCUT2D eigenvalue weighted by atomic mass is 16.2. The van der Waals surface area contributed by atoms with Crippen molar-refractivity contribution in [3.8, 4) is 0 Å². The normalized spacial score (nSPS) is 13.8. The first-order valence-corrected chi connectivity index (χ1v) is 6.52. The van der Waals surface area contributed by atoms with Gasteiger partial charge in [-0.2, -0.15) is 0 Å². The zero-order valence-electron chi connectivity index (χ0n) is 11.1. The Balaban J connectivity index is 1.99. The van der Waals surface area contributed by atoms with Crippen LogP contribution in [0.25, 0.3) is 0 Å². The summed E-state index contributed by atoms with van der Waals surface area (Å²) in [7, 11) is 1.70. The van der Waals surface area contributed by atoms with Gasteiger partial charge >= 0.3 is 0 Å². The first-order chi connectivity index (χ1) is 9.22. The number of nitrogens with zero attached hydrogens (tertiary/aromatic N) is 1. The molecule has 2 rings (SSSR count). The minimum Gasteiger partial charge on any atom is -0.346 e. The third-order valence-electron chi connectivity index (χ3n) is 3.19. The standard InChI is InChI=1S/C14H19N3O2/c1-15-9-13(18)16-10-14(19)17-8-4-6-11-5-2-3-7-12(11)17/h2-3,5,7,15H,4,6,8-10H2,1H3,(H,16,18). The molecule has 0 aliphatic carbocycles. The fourth-order valence-corrected chi connectivity index (χ4v) is 2.29. The van der Waals surface area contributed by atoms with Gasteiger partial charge < -0.3 is 15.5 Å². The van der Waals surface area contributed by atoms with Gasteiger partial charge in [-0.3, -0.25) is 9.59 Å². The Labute approximate surface area is 113 Å². The lowest BCUT2D eigenvalue weighted by atomic mass is 10.0. The van der Waals surface area contributed by atoms with E-state index in [9.17, 15) is 9.59 Å². The first kappa shape index (κ1) is 13.5. The number of likely N-dealkylation sites (N-methyl/N-ethyl adjacent to an activating group) is 1.